The summed E-state index contributed by atoms with van der Waals surface area (Å²) in [6.07, 6.45) is 4.43. The van der Waals surface area contributed by atoms with E-state index in [2.05, 4.69) is 48.2 Å². The van der Waals surface area contributed by atoms with E-state index in [-0.39, 0.29) is 5.79 Å². The van der Waals surface area contributed by atoms with Gasteiger partial charge in [0.15, 0.2) is 5.79 Å². The molecule has 3 heteroatoms. The molecule has 0 amide bonds. The van der Waals surface area contributed by atoms with Gasteiger partial charge in [-0.1, -0.05) is 36.4 Å². The highest BCUT2D eigenvalue weighted by Crippen LogP contribution is 2.25. The lowest BCUT2D eigenvalue weighted by molar-refractivity contribution is -0.149. The molecule has 0 atom stereocenters. The fourth-order valence-electron chi connectivity index (χ4n) is 2.89. The van der Waals surface area contributed by atoms with Gasteiger partial charge in [-0.3, -0.25) is 4.90 Å². The van der Waals surface area contributed by atoms with E-state index in [1.807, 2.05) is 0 Å². The van der Waals surface area contributed by atoms with Crippen LogP contribution < -0.4 is 0 Å². The molecule has 3 nitrogen and oxygen atoms in total. The topological polar surface area (TPSA) is 21.7 Å². The van der Waals surface area contributed by atoms with E-state index in [9.17, 15) is 0 Å². The Bertz CT molecular complexity index is 463. The summed E-state index contributed by atoms with van der Waals surface area (Å²) in [5, 5.41) is 0. The predicted octanol–water partition coefficient (Wildman–Crippen LogP) is 2.93. The van der Waals surface area contributed by atoms with Crippen molar-refractivity contribution in [3.05, 3.63) is 42.0 Å². The van der Waals surface area contributed by atoms with Gasteiger partial charge >= 0.3 is 0 Å². The second kappa shape index (κ2) is 6.08. The Morgan fingerprint density at radius 3 is 2.55 bits per heavy atom. The zero-order valence-electron chi connectivity index (χ0n) is 12.2. The summed E-state index contributed by atoms with van der Waals surface area (Å²) < 4.78 is 11.3. The molecule has 20 heavy (non-hydrogen) atoms. The summed E-state index contributed by atoms with van der Waals surface area (Å²) in [5.74, 6) is -0.358. The van der Waals surface area contributed by atoms with Crippen molar-refractivity contribution in [1.29, 1.82) is 0 Å². The highest BCUT2D eigenvalue weighted by atomic mass is 16.7. The Morgan fingerprint density at radius 1 is 1.15 bits per heavy atom. The summed E-state index contributed by atoms with van der Waals surface area (Å²) in [6, 6.07) is 10.7. The Balaban J connectivity index is 1.52. The van der Waals surface area contributed by atoms with Crippen LogP contribution in [0.4, 0.5) is 0 Å². The third-order valence-corrected chi connectivity index (χ3v) is 4.22. The summed E-state index contributed by atoms with van der Waals surface area (Å²) >= 11 is 0. The zero-order valence-corrected chi connectivity index (χ0v) is 12.2. The maximum absolute atomic E-state index is 5.66. The molecule has 0 N–H and O–H groups in total. The van der Waals surface area contributed by atoms with Crippen LogP contribution in [0.1, 0.15) is 25.3 Å². The lowest BCUT2D eigenvalue weighted by atomic mass is 9.99. The van der Waals surface area contributed by atoms with Crippen molar-refractivity contribution in [2.24, 2.45) is 0 Å². The molecule has 0 saturated carbocycles. The Hall–Kier alpha value is -1.16. The lowest BCUT2D eigenvalue weighted by Crippen LogP contribution is -2.35. The Morgan fingerprint density at radius 2 is 1.90 bits per heavy atom. The Labute approximate surface area is 121 Å². The quantitative estimate of drug-likeness (QED) is 0.842. The van der Waals surface area contributed by atoms with Gasteiger partial charge in [0.2, 0.25) is 0 Å². The number of rotatable bonds is 4. The van der Waals surface area contributed by atoms with Crippen molar-refractivity contribution < 1.29 is 9.47 Å². The first kappa shape index (κ1) is 13.8. The van der Waals surface area contributed by atoms with Crippen LogP contribution in [-0.4, -0.2) is 43.5 Å². The molecule has 0 aliphatic carbocycles. The standard InChI is InChI=1S/C17H23NO2/c1-17(19-13-14-20-17)9-12-18-10-7-16(8-11-18)15-5-3-2-4-6-15/h2-7H,8-14H2,1H3. The van der Waals surface area contributed by atoms with Crippen molar-refractivity contribution in [2.75, 3.05) is 32.8 Å². The van der Waals surface area contributed by atoms with Gasteiger partial charge in [-0.15, -0.1) is 0 Å². The summed E-state index contributed by atoms with van der Waals surface area (Å²) in [4.78, 5) is 2.47. The van der Waals surface area contributed by atoms with Gasteiger partial charge in [-0.25, -0.2) is 0 Å². The largest absolute Gasteiger partial charge is 0.348 e. The van der Waals surface area contributed by atoms with Crippen molar-refractivity contribution in [2.45, 2.75) is 25.6 Å². The normalized spacial score (nSPS) is 22.8. The molecular formula is C17H23NO2. The molecule has 108 valence electrons. The fraction of sp³-hybridized carbons (Fsp3) is 0.529. The van der Waals surface area contributed by atoms with E-state index in [1.165, 1.54) is 11.1 Å². The number of nitrogens with zero attached hydrogens (tertiary/aromatic N) is 1. The maximum atomic E-state index is 5.66. The van der Waals surface area contributed by atoms with Gasteiger partial charge in [0, 0.05) is 26.1 Å². The van der Waals surface area contributed by atoms with Gasteiger partial charge in [-0.05, 0) is 24.5 Å². The number of hydrogen-bond donors (Lipinski definition) is 0. The van der Waals surface area contributed by atoms with E-state index >= 15 is 0 Å². The minimum absolute atomic E-state index is 0.358. The van der Waals surface area contributed by atoms with Crippen LogP contribution >= 0.6 is 0 Å². The van der Waals surface area contributed by atoms with Gasteiger partial charge in [0.1, 0.15) is 0 Å². The first-order chi connectivity index (χ1) is 9.75. The average molecular weight is 273 g/mol. The predicted molar refractivity (Wildman–Crippen MR) is 80.4 cm³/mol. The molecule has 1 aromatic carbocycles. The third-order valence-electron chi connectivity index (χ3n) is 4.22. The van der Waals surface area contributed by atoms with Crippen molar-refractivity contribution in [3.8, 4) is 0 Å². The van der Waals surface area contributed by atoms with Crippen molar-refractivity contribution in [3.63, 3.8) is 0 Å². The molecule has 1 aromatic rings. The van der Waals surface area contributed by atoms with E-state index in [0.717, 1.165) is 45.7 Å². The summed E-state index contributed by atoms with van der Waals surface area (Å²) in [7, 11) is 0. The first-order valence-corrected chi connectivity index (χ1v) is 7.50. The zero-order chi connectivity index (χ0) is 13.8. The van der Waals surface area contributed by atoms with E-state index in [1.54, 1.807) is 0 Å². The smallest absolute Gasteiger partial charge is 0.166 e. The molecule has 0 radical (unpaired) electrons. The average Bonchev–Trinajstić information content (AvgIpc) is 2.94. The van der Waals surface area contributed by atoms with Crippen LogP contribution in [0.5, 0.6) is 0 Å². The monoisotopic (exact) mass is 273 g/mol. The molecule has 2 aliphatic rings. The SMILES string of the molecule is CC1(CCN2CC=C(c3ccccc3)CC2)OCCO1. The number of hydrogen-bond acceptors (Lipinski definition) is 3. The molecule has 0 bridgehead atoms. The molecule has 2 aliphatic heterocycles. The van der Waals surface area contributed by atoms with Gasteiger partial charge in [0.25, 0.3) is 0 Å². The van der Waals surface area contributed by atoms with E-state index in [4.69, 9.17) is 9.47 Å². The number of benzene rings is 1. The van der Waals surface area contributed by atoms with Gasteiger partial charge in [-0.2, -0.15) is 0 Å². The molecular weight excluding hydrogens is 250 g/mol. The molecule has 0 unspecified atom stereocenters. The first-order valence-electron chi connectivity index (χ1n) is 7.50. The molecule has 0 aromatic heterocycles. The lowest BCUT2D eigenvalue weighted by Gasteiger charge is -2.30. The minimum Gasteiger partial charge on any atom is -0.348 e. The third kappa shape index (κ3) is 3.29. The van der Waals surface area contributed by atoms with Crippen LogP contribution in [0.2, 0.25) is 0 Å². The summed E-state index contributed by atoms with van der Waals surface area (Å²) in [6.45, 7) is 6.70. The summed E-state index contributed by atoms with van der Waals surface area (Å²) in [5.41, 5.74) is 2.84. The van der Waals surface area contributed by atoms with Crippen LogP contribution in [0.25, 0.3) is 5.57 Å². The molecule has 0 spiro atoms. The van der Waals surface area contributed by atoms with Gasteiger partial charge in [0.05, 0.1) is 13.2 Å². The van der Waals surface area contributed by atoms with Crippen LogP contribution in [0.15, 0.2) is 36.4 Å². The fourth-order valence-corrected chi connectivity index (χ4v) is 2.89. The number of ether oxygens (including phenoxy) is 2. The molecule has 2 heterocycles. The molecule has 3 rings (SSSR count). The van der Waals surface area contributed by atoms with Crippen molar-refractivity contribution >= 4 is 5.57 Å². The van der Waals surface area contributed by atoms with Crippen LogP contribution in [-0.2, 0) is 9.47 Å². The van der Waals surface area contributed by atoms with Gasteiger partial charge < -0.3 is 9.47 Å². The second-order valence-electron chi connectivity index (χ2n) is 5.73. The molecule has 1 fully saturated rings. The van der Waals surface area contributed by atoms with Crippen LogP contribution in [0, 0.1) is 0 Å². The second-order valence-corrected chi connectivity index (χ2v) is 5.73. The van der Waals surface area contributed by atoms with E-state index < -0.39 is 0 Å². The maximum Gasteiger partial charge on any atom is 0.166 e. The highest BCUT2D eigenvalue weighted by molar-refractivity contribution is 5.66. The van der Waals surface area contributed by atoms with E-state index in [0.29, 0.717) is 0 Å². The van der Waals surface area contributed by atoms with Crippen molar-refractivity contribution in [1.82, 2.24) is 4.90 Å². The minimum atomic E-state index is -0.358. The highest BCUT2D eigenvalue weighted by Gasteiger charge is 2.31. The molecule has 1 saturated heterocycles. The van der Waals surface area contributed by atoms with Crippen LogP contribution in [0.3, 0.4) is 0 Å². The Kier molecular flexibility index (Phi) is 4.20.